The average molecular weight is 280 g/mol. The summed E-state index contributed by atoms with van der Waals surface area (Å²) in [5, 5.41) is 10.3. The van der Waals surface area contributed by atoms with Crippen molar-refractivity contribution in [3.63, 3.8) is 0 Å². The lowest BCUT2D eigenvalue weighted by molar-refractivity contribution is -0.193. The lowest BCUT2D eigenvalue weighted by Gasteiger charge is -2.37. The van der Waals surface area contributed by atoms with Gasteiger partial charge in [0.05, 0.1) is 11.5 Å². The van der Waals surface area contributed by atoms with E-state index >= 15 is 0 Å². The average Bonchev–Trinajstić information content (AvgIpc) is 2.27. The third kappa shape index (κ3) is 3.05. The van der Waals surface area contributed by atoms with Gasteiger partial charge in [0, 0.05) is 6.07 Å². The molecule has 0 aliphatic heterocycles. The topological polar surface area (TPSA) is 20.2 Å². The van der Waals surface area contributed by atoms with Crippen molar-refractivity contribution in [2.24, 2.45) is 5.92 Å². The standard InChI is InChI=1S/C13H13F5O/c14-10-5-9(6-11(15)7-10)12(19)3-1-8(2-4-12)13(16,17)18/h5-8,19H,1-4H2. The molecule has 1 saturated carbocycles. The molecule has 1 aromatic carbocycles. The van der Waals surface area contributed by atoms with Crippen LogP contribution in [0.1, 0.15) is 31.2 Å². The zero-order valence-electron chi connectivity index (χ0n) is 9.97. The second-order valence-corrected chi connectivity index (χ2v) is 5.01. The molecule has 0 bridgehead atoms. The number of halogens is 5. The van der Waals surface area contributed by atoms with Crippen molar-refractivity contribution >= 4 is 0 Å². The Morgan fingerprint density at radius 2 is 1.47 bits per heavy atom. The van der Waals surface area contributed by atoms with Crippen LogP contribution in [0.2, 0.25) is 0 Å². The molecule has 0 saturated heterocycles. The van der Waals surface area contributed by atoms with Crippen LogP contribution in [0.5, 0.6) is 0 Å². The van der Waals surface area contributed by atoms with E-state index in [1.807, 2.05) is 0 Å². The summed E-state index contributed by atoms with van der Waals surface area (Å²) in [6.07, 6.45) is -5.06. The summed E-state index contributed by atoms with van der Waals surface area (Å²) in [5.74, 6) is -3.14. The number of alkyl halides is 3. The third-order valence-electron chi connectivity index (χ3n) is 3.68. The van der Waals surface area contributed by atoms with Gasteiger partial charge in [-0.1, -0.05) is 0 Å². The molecule has 1 aliphatic carbocycles. The monoisotopic (exact) mass is 280 g/mol. The molecule has 0 aromatic heterocycles. The zero-order valence-corrected chi connectivity index (χ0v) is 9.97. The van der Waals surface area contributed by atoms with E-state index in [-0.39, 0.29) is 31.2 Å². The van der Waals surface area contributed by atoms with Gasteiger partial charge >= 0.3 is 6.18 Å². The van der Waals surface area contributed by atoms with Crippen molar-refractivity contribution in [2.75, 3.05) is 0 Å². The minimum absolute atomic E-state index is 0.00521. The Morgan fingerprint density at radius 3 is 1.89 bits per heavy atom. The van der Waals surface area contributed by atoms with Crippen molar-refractivity contribution in [2.45, 2.75) is 37.5 Å². The highest BCUT2D eigenvalue weighted by Gasteiger charge is 2.45. The maximum absolute atomic E-state index is 13.1. The maximum Gasteiger partial charge on any atom is 0.391 e. The SMILES string of the molecule is OC1(c2cc(F)cc(F)c2)CCC(C(F)(F)F)CC1. The van der Waals surface area contributed by atoms with Crippen LogP contribution in [0, 0.1) is 17.6 Å². The first-order chi connectivity index (χ1) is 8.71. The van der Waals surface area contributed by atoms with E-state index in [4.69, 9.17) is 0 Å². The highest BCUT2D eigenvalue weighted by Crippen LogP contribution is 2.45. The summed E-state index contributed by atoms with van der Waals surface area (Å²) in [6.45, 7) is 0. The van der Waals surface area contributed by atoms with Gasteiger partial charge in [-0.15, -0.1) is 0 Å². The van der Waals surface area contributed by atoms with Gasteiger partial charge in [-0.2, -0.15) is 13.2 Å². The van der Waals surface area contributed by atoms with Crippen LogP contribution in [-0.4, -0.2) is 11.3 Å². The Morgan fingerprint density at radius 1 is 1.00 bits per heavy atom. The number of benzene rings is 1. The van der Waals surface area contributed by atoms with E-state index in [0.717, 1.165) is 12.1 Å². The van der Waals surface area contributed by atoms with E-state index in [1.54, 1.807) is 0 Å². The predicted molar refractivity (Wildman–Crippen MR) is 58.3 cm³/mol. The zero-order chi connectivity index (χ0) is 14.3. The number of rotatable bonds is 1. The largest absolute Gasteiger partial charge is 0.391 e. The van der Waals surface area contributed by atoms with Gasteiger partial charge in [0.1, 0.15) is 11.6 Å². The molecular formula is C13H13F5O. The summed E-state index contributed by atoms with van der Waals surface area (Å²) in [4.78, 5) is 0. The molecule has 1 aromatic rings. The number of aliphatic hydroxyl groups is 1. The van der Waals surface area contributed by atoms with E-state index in [9.17, 15) is 27.1 Å². The maximum atomic E-state index is 13.1. The summed E-state index contributed by atoms with van der Waals surface area (Å²) in [7, 11) is 0. The van der Waals surface area contributed by atoms with E-state index in [0.29, 0.717) is 6.07 Å². The van der Waals surface area contributed by atoms with Gasteiger partial charge in [0.2, 0.25) is 0 Å². The molecule has 0 unspecified atom stereocenters. The van der Waals surface area contributed by atoms with Crippen LogP contribution in [0.15, 0.2) is 18.2 Å². The molecule has 1 N–H and O–H groups in total. The van der Waals surface area contributed by atoms with Crippen LogP contribution < -0.4 is 0 Å². The molecule has 1 fully saturated rings. The third-order valence-corrected chi connectivity index (χ3v) is 3.68. The molecule has 0 atom stereocenters. The van der Waals surface area contributed by atoms with Crippen LogP contribution >= 0.6 is 0 Å². The van der Waals surface area contributed by atoms with Gasteiger partial charge in [0.25, 0.3) is 0 Å². The minimum Gasteiger partial charge on any atom is -0.385 e. The van der Waals surface area contributed by atoms with Gasteiger partial charge in [0.15, 0.2) is 0 Å². The van der Waals surface area contributed by atoms with Crippen molar-refractivity contribution in [3.8, 4) is 0 Å². The molecular weight excluding hydrogens is 267 g/mol. The van der Waals surface area contributed by atoms with Gasteiger partial charge in [-0.05, 0) is 43.4 Å². The quantitative estimate of drug-likeness (QED) is 0.773. The Bertz CT molecular complexity index is 440. The van der Waals surface area contributed by atoms with Crippen LogP contribution in [0.25, 0.3) is 0 Å². The van der Waals surface area contributed by atoms with Gasteiger partial charge < -0.3 is 5.11 Å². The number of hydrogen-bond acceptors (Lipinski definition) is 1. The lowest BCUT2D eigenvalue weighted by Crippen LogP contribution is -2.36. The summed E-state index contributed by atoms with van der Waals surface area (Å²) in [5.41, 5.74) is -1.57. The molecule has 1 aliphatic rings. The Balaban J connectivity index is 2.18. The van der Waals surface area contributed by atoms with E-state index < -0.39 is 29.3 Å². The van der Waals surface area contributed by atoms with Crippen LogP contribution in [0.4, 0.5) is 22.0 Å². The molecule has 0 amide bonds. The molecule has 106 valence electrons. The normalized spacial score (nSPS) is 28.4. The first-order valence-electron chi connectivity index (χ1n) is 5.96. The second-order valence-electron chi connectivity index (χ2n) is 5.01. The van der Waals surface area contributed by atoms with Crippen LogP contribution in [0.3, 0.4) is 0 Å². The lowest BCUT2D eigenvalue weighted by atomic mass is 9.75. The molecule has 0 radical (unpaired) electrons. The Hall–Kier alpha value is -1.17. The fourth-order valence-corrected chi connectivity index (χ4v) is 2.53. The van der Waals surface area contributed by atoms with Crippen molar-refractivity contribution in [1.82, 2.24) is 0 Å². The second kappa shape index (κ2) is 4.74. The highest BCUT2D eigenvalue weighted by atomic mass is 19.4. The van der Waals surface area contributed by atoms with E-state index in [1.165, 1.54) is 0 Å². The van der Waals surface area contributed by atoms with Gasteiger partial charge in [-0.3, -0.25) is 0 Å². The first-order valence-corrected chi connectivity index (χ1v) is 5.96. The Labute approximate surface area is 107 Å². The van der Waals surface area contributed by atoms with E-state index in [2.05, 4.69) is 0 Å². The fourth-order valence-electron chi connectivity index (χ4n) is 2.53. The molecule has 19 heavy (non-hydrogen) atoms. The summed E-state index contributed by atoms with van der Waals surface area (Å²) in [6, 6.07) is 2.60. The van der Waals surface area contributed by atoms with Crippen molar-refractivity contribution in [1.29, 1.82) is 0 Å². The number of hydrogen-bond donors (Lipinski definition) is 1. The van der Waals surface area contributed by atoms with Crippen LogP contribution in [-0.2, 0) is 5.60 Å². The van der Waals surface area contributed by atoms with Crippen molar-refractivity contribution in [3.05, 3.63) is 35.4 Å². The molecule has 6 heteroatoms. The highest BCUT2D eigenvalue weighted by molar-refractivity contribution is 5.25. The predicted octanol–water partition coefficient (Wildman–Crippen LogP) is 3.90. The van der Waals surface area contributed by atoms with Gasteiger partial charge in [-0.25, -0.2) is 8.78 Å². The molecule has 0 spiro atoms. The summed E-state index contributed by atoms with van der Waals surface area (Å²) >= 11 is 0. The first kappa shape index (κ1) is 14.2. The molecule has 2 rings (SSSR count). The smallest absolute Gasteiger partial charge is 0.385 e. The molecule has 1 nitrogen and oxygen atoms in total. The minimum atomic E-state index is -4.28. The summed E-state index contributed by atoms with van der Waals surface area (Å²) < 4.78 is 63.7. The fraction of sp³-hybridized carbons (Fsp3) is 0.538. The molecule has 0 heterocycles. The van der Waals surface area contributed by atoms with Crippen molar-refractivity contribution < 1.29 is 27.1 Å². The Kier molecular flexibility index (Phi) is 3.55.